The van der Waals surface area contributed by atoms with Crippen molar-refractivity contribution in [3.8, 4) is 11.6 Å². The van der Waals surface area contributed by atoms with E-state index in [0.717, 1.165) is 21.3 Å². The van der Waals surface area contributed by atoms with Gasteiger partial charge in [-0.2, -0.15) is 0 Å². The van der Waals surface area contributed by atoms with Gasteiger partial charge in [0.15, 0.2) is 0 Å². The summed E-state index contributed by atoms with van der Waals surface area (Å²) >= 11 is 3.37. The Labute approximate surface area is 108 Å². The van der Waals surface area contributed by atoms with E-state index in [1.807, 2.05) is 37.3 Å². The molecule has 88 valence electrons. The SMILES string of the molecule is Cc1cc(CO)cnc1Oc1ccc(Br)cc1. The average Bonchev–Trinajstić information content (AvgIpc) is 2.34. The lowest BCUT2D eigenvalue weighted by molar-refractivity contribution is 0.281. The van der Waals surface area contributed by atoms with Crippen molar-refractivity contribution >= 4 is 15.9 Å². The molecule has 0 aliphatic carbocycles. The van der Waals surface area contributed by atoms with E-state index in [9.17, 15) is 0 Å². The number of aromatic nitrogens is 1. The van der Waals surface area contributed by atoms with Crippen molar-refractivity contribution in [1.29, 1.82) is 0 Å². The molecule has 4 heteroatoms. The van der Waals surface area contributed by atoms with Crippen LogP contribution in [-0.4, -0.2) is 10.1 Å². The van der Waals surface area contributed by atoms with E-state index in [0.29, 0.717) is 5.88 Å². The normalized spacial score (nSPS) is 10.3. The molecule has 2 rings (SSSR count). The number of hydrogen-bond donors (Lipinski definition) is 1. The number of pyridine rings is 1. The van der Waals surface area contributed by atoms with E-state index < -0.39 is 0 Å². The molecule has 0 aliphatic heterocycles. The molecule has 0 spiro atoms. The number of aliphatic hydroxyl groups is 1. The Kier molecular flexibility index (Phi) is 3.76. The van der Waals surface area contributed by atoms with Crippen LogP contribution >= 0.6 is 15.9 Å². The largest absolute Gasteiger partial charge is 0.439 e. The Morgan fingerprint density at radius 1 is 1.29 bits per heavy atom. The van der Waals surface area contributed by atoms with Gasteiger partial charge in [-0.15, -0.1) is 0 Å². The quantitative estimate of drug-likeness (QED) is 0.943. The summed E-state index contributed by atoms with van der Waals surface area (Å²) in [6.07, 6.45) is 1.61. The highest BCUT2D eigenvalue weighted by Gasteiger charge is 2.04. The van der Waals surface area contributed by atoms with Crippen molar-refractivity contribution in [3.05, 3.63) is 52.1 Å². The highest BCUT2D eigenvalue weighted by atomic mass is 79.9. The van der Waals surface area contributed by atoms with Crippen molar-refractivity contribution in [2.75, 3.05) is 0 Å². The van der Waals surface area contributed by atoms with Gasteiger partial charge in [0.05, 0.1) is 6.61 Å². The van der Waals surface area contributed by atoms with Crippen molar-refractivity contribution < 1.29 is 9.84 Å². The third kappa shape index (κ3) is 3.05. The summed E-state index contributed by atoms with van der Waals surface area (Å²) in [7, 11) is 0. The zero-order valence-corrected chi connectivity index (χ0v) is 10.9. The van der Waals surface area contributed by atoms with Gasteiger partial charge in [-0.1, -0.05) is 15.9 Å². The molecule has 0 saturated carbocycles. The average molecular weight is 294 g/mol. The van der Waals surface area contributed by atoms with Crippen LogP contribution in [0.4, 0.5) is 0 Å². The van der Waals surface area contributed by atoms with Gasteiger partial charge < -0.3 is 9.84 Å². The Hall–Kier alpha value is -1.39. The van der Waals surface area contributed by atoms with Gasteiger partial charge in [0.1, 0.15) is 5.75 Å². The lowest BCUT2D eigenvalue weighted by atomic mass is 10.2. The molecule has 1 aromatic carbocycles. The predicted octanol–water partition coefficient (Wildman–Crippen LogP) is 3.44. The number of aliphatic hydroxyl groups excluding tert-OH is 1. The first-order valence-electron chi connectivity index (χ1n) is 5.19. The van der Waals surface area contributed by atoms with Crippen LogP contribution in [-0.2, 0) is 6.61 Å². The van der Waals surface area contributed by atoms with Gasteiger partial charge in [-0.25, -0.2) is 4.98 Å². The number of ether oxygens (including phenoxy) is 1. The second-order valence-electron chi connectivity index (χ2n) is 3.68. The van der Waals surface area contributed by atoms with Crippen molar-refractivity contribution in [2.45, 2.75) is 13.5 Å². The molecule has 0 saturated heterocycles. The molecule has 0 unspecified atom stereocenters. The molecule has 0 atom stereocenters. The maximum Gasteiger partial charge on any atom is 0.222 e. The monoisotopic (exact) mass is 293 g/mol. The van der Waals surface area contributed by atoms with Crippen LogP contribution in [0.15, 0.2) is 41.0 Å². The van der Waals surface area contributed by atoms with Gasteiger partial charge in [-0.05, 0) is 42.8 Å². The molecule has 2 aromatic rings. The summed E-state index contributed by atoms with van der Waals surface area (Å²) in [5.74, 6) is 1.30. The van der Waals surface area contributed by atoms with E-state index in [-0.39, 0.29) is 6.61 Å². The van der Waals surface area contributed by atoms with Gasteiger partial charge in [0.25, 0.3) is 0 Å². The fraction of sp³-hybridized carbons (Fsp3) is 0.154. The van der Waals surface area contributed by atoms with Crippen LogP contribution in [0.5, 0.6) is 11.6 Å². The molecule has 1 aromatic heterocycles. The molecular weight excluding hydrogens is 282 g/mol. The molecule has 0 fully saturated rings. The standard InChI is InChI=1S/C13H12BrNO2/c1-9-6-10(8-16)7-15-13(9)17-12-4-2-11(14)3-5-12/h2-7,16H,8H2,1H3. The smallest absolute Gasteiger partial charge is 0.222 e. The number of aryl methyl sites for hydroxylation is 1. The van der Waals surface area contributed by atoms with Gasteiger partial charge >= 0.3 is 0 Å². The molecule has 1 heterocycles. The molecule has 0 radical (unpaired) electrons. The van der Waals surface area contributed by atoms with E-state index in [1.54, 1.807) is 6.20 Å². The molecule has 17 heavy (non-hydrogen) atoms. The summed E-state index contributed by atoms with van der Waals surface area (Å²) in [6.45, 7) is 1.90. The van der Waals surface area contributed by atoms with Crippen LogP contribution in [0, 0.1) is 6.92 Å². The maximum atomic E-state index is 8.99. The zero-order valence-electron chi connectivity index (χ0n) is 9.35. The Balaban J connectivity index is 2.21. The van der Waals surface area contributed by atoms with E-state index in [4.69, 9.17) is 9.84 Å². The molecule has 3 nitrogen and oxygen atoms in total. The number of hydrogen-bond acceptors (Lipinski definition) is 3. The van der Waals surface area contributed by atoms with Gasteiger partial charge in [0, 0.05) is 16.2 Å². The summed E-state index contributed by atoms with van der Waals surface area (Å²) < 4.78 is 6.65. The van der Waals surface area contributed by atoms with Crippen LogP contribution < -0.4 is 4.74 Å². The third-order valence-electron chi connectivity index (χ3n) is 2.30. The minimum atomic E-state index is -0.00754. The lowest BCUT2D eigenvalue weighted by Gasteiger charge is -2.08. The van der Waals surface area contributed by atoms with Crippen LogP contribution in [0.25, 0.3) is 0 Å². The topological polar surface area (TPSA) is 42.4 Å². The van der Waals surface area contributed by atoms with Crippen LogP contribution in [0.1, 0.15) is 11.1 Å². The first-order valence-corrected chi connectivity index (χ1v) is 5.98. The summed E-state index contributed by atoms with van der Waals surface area (Å²) in [5, 5.41) is 8.99. The number of nitrogens with zero attached hydrogens (tertiary/aromatic N) is 1. The summed E-state index contributed by atoms with van der Waals surface area (Å²) in [5.41, 5.74) is 1.69. The van der Waals surface area contributed by atoms with Crippen molar-refractivity contribution in [1.82, 2.24) is 4.98 Å². The molecular formula is C13H12BrNO2. The maximum absolute atomic E-state index is 8.99. The van der Waals surface area contributed by atoms with Crippen molar-refractivity contribution in [3.63, 3.8) is 0 Å². The first kappa shape index (κ1) is 12.1. The Bertz CT molecular complexity index is 511. The minimum Gasteiger partial charge on any atom is -0.439 e. The first-order chi connectivity index (χ1) is 8.19. The Morgan fingerprint density at radius 3 is 2.59 bits per heavy atom. The number of rotatable bonds is 3. The van der Waals surface area contributed by atoms with Gasteiger partial charge in [0.2, 0.25) is 5.88 Å². The number of halogens is 1. The molecule has 1 N–H and O–H groups in total. The van der Waals surface area contributed by atoms with Crippen LogP contribution in [0.2, 0.25) is 0 Å². The molecule has 0 bridgehead atoms. The van der Waals surface area contributed by atoms with Crippen molar-refractivity contribution in [2.24, 2.45) is 0 Å². The lowest BCUT2D eigenvalue weighted by Crippen LogP contribution is -1.94. The zero-order chi connectivity index (χ0) is 12.3. The second kappa shape index (κ2) is 5.29. The highest BCUT2D eigenvalue weighted by Crippen LogP contribution is 2.24. The number of benzene rings is 1. The summed E-state index contributed by atoms with van der Waals surface area (Å²) in [4.78, 5) is 4.17. The van der Waals surface area contributed by atoms with E-state index in [2.05, 4.69) is 20.9 Å². The van der Waals surface area contributed by atoms with E-state index >= 15 is 0 Å². The second-order valence-corrected chi connectivity index (χ2v) is 4.60. The van der Waals surface area contributed by atoms with Crippen LogP contribution in [0.3, 0.4) is 0 Å². The minimum absolute atomic E-state index is 0.00754. The fourth-order valence-corrected chi connectivity index (χ4v) is 1.69. The molecule has 0 amide bonds. The Morgan fingerprint density at radius 2 is 2.00 bits per heavy atom. The predicted molar refractivity (Wildman–Crippen MR) is 69.1 cm³/mol. The van der Waals surface area contributed by atoms with E-state index in [1.165, 1.54) is 0 Å². The van der Waals surface area contributed by atoms with Gasteiger partial charge in [-0.3, -0.25) is 0 Å². The summed E-state index contributed by atoms with van der Waals surface area (Å²) in [6, 6.07) is 9.41. The molecule has 0 aliphatic rings. The fourth-order valence-electron chi connectivity index (χ4n) is 1.43. The highest BCUT2D eigenvalue weighted by molar-refractivity contribution is 9.10. The third-order valence-corrected chi connectivity index (χ3v) is 2.83.